The van der Waals surface area contributed by atoms with Gasteiger partial charge in [0, 0.05) is 47.8 Å². The second kappa shape index (κ2) is 9.44. The molecule has 0 bridgehead atoms. The molecule has 0 fully saturated rings. The molecule has 0 unspecified atom stereocenters. The summed E-state index contributed by atoms with van der Waals surface area (Å²) >= 11 is 3.50. The first-order valence-electron chi connectivity index (χ1n) is 10.3. The summed E-state index contributed by atoms with van der Waals surface area (Å²) < 4.78 is 0.710. The molecule has 34 heavy (non-hydrogen) atoms. The molecule has 0 aliphatic carbocycles. The number of carbonyl (C=O) groups excluding carboxylic acids is 2. The minimum absolute atomic E-state index is 0.114. The number of amides is 1. The van der Waals surface area contributed by atoms with Gasteiger partial charge in [-0.25, -0.2) is 0 Å². The van der Waals surface area contributed by atoms with Crippen molar-refractivity contribution in [2.24, 2.45) is 0 Å². The molecular formula is C24H20BrN5O4. The SMILES string of the molecule is CN(C)C(=O)c1[nH]c2cccc(Br)c2c1C(=O)c1ccc(CNc2ccncc2[N+](=O)[O-])cc1. The molecule has 2 N–H and O–H groups in total. The molecule has 0 radical (unpaired) electrons. The lowest BCUT2D eigenvalue weighted by atomic mass is 9.98. The van der Waals surface area contributed by atoms with Gasteiger partial charge in [0.25, 0.3) is 5.91 Å². The summed E-state index contributed by atoms with van der Waals surface area (Å²) in [5.41, 5.74) is 2.71. The number of pyridine rings is 1. The van der Waals surface area contributed by atoms with Crippen LogP contribution < -0.4 is 5.32 Å². The van der Waals surface area contributed by atoms with Crippen molar-refractivity contribution in [3.63, 3.8) is 0 Å². The lowest BCUT2D eigenvalue weighted by Crippen LogP contribution is -2.24. The number of aromatic nitrogens is 2. The van der Waals surface area contributed by atoms with Crippen LogP contribution in [0.3, 0.4) is 0 Å². The van der Waals surface area contributed by atoms with Crippen molar-refractivity contribution >= 4 is 49.9 Å². The van der Waals surface area contributed by atoms with Crippen molar-refractivity contribution in [2.45, 2.75) is 6.54 Å². The summed E-state index contributed by atoms with van der Waals surface area (Å²) in [5.74, 6) is -0.584. The number of aromatic amines is 1. The fourth-order valence-electron chi connectivity index (χ4n) is 3.61. The van der Waals surface area contributed by atoms with Crippen LogP contribution in [0.1, 0.15) is 32.0 Å². The third-order valence-corrected chi connectivity index (χ3v) is 5.98. The number of anilines is 1. The zero-order valence-electron chi connectivity index (χ0n) is 18.3. The topological polar surface area (TPSA) is 121 Å². The Hall–Kier alpha value is -4.05. The zero-order chi connectivity index (χ0) is 24.4. The van der Waals surface area contributed by atoms with Gasteiger partial charge in [-0.05, 0) is 23.8 Å². The molecule has 0 saturated carbocycles. The van der Waals surface area contributed by atoms with Gasteiger partial charge in [0.05, 0.1) is 10.5 Å². The predicted octanol–water partition coefficient (Wildman–Crippen LogP) is 4.78. The molecule has 9 nitrogen and oxygen atoms in total. The molecule has 2 aromatic carbocycles. The summed E-state index contributed by atoms with van der Waals surface area (Å²) in [5, 5.41) is 14.8. The monoisotopic (exact) mass is 521 g/mol. The molecule has 4 rings (SSSR count). The normalized spacial score (nSPS) is 10.8. The number of halogens is 1. The number of nitrogens with one attached hydrogen (secondary N) is 2. The maximum absolute atomic E-state index is 13.5. The van der Waals surface area contributed by atoms with E-state index in [2.05, 4.69) is 31.2 Å². The molecular weight excluding hydrogens is 502 g/mol. The van der Waals surface area contributed by atoms with Crippen LogP contribution in [-0.4, -0.2) is 45.6 Å². The van der Waals surface area contributed by atoms with Gasteiger partial charge in [-0.2, -0.15) is 0 Å². The molecule has 0 aliphatic heterocycles. The highest BCUT2D eigenvalue weighted by Crippen LogP contribution is 2.32. The smallest absolute Gasteiger partial charge is 0.310 e. The number of hydrogen-bond acceptors (Lipinski definition) is 6. The Balaban J connectivity index is 1.63. The molecule has 0 saturated heterocycles. The van der Waals surface area contributed by atoms with Crippen molar-refractivity contribution in [3.8, 4) is 0 Å². The van der Waals surface area contributed by atoms with E-state index in [1.54, 1.807) is 38.4 Å². The quantitative estimate of drug-likeness (QED) is 0.205. The van der Waals surface area contributed by atoms with Crippen LogP contribution in [0.4, 0.5) is 11.4 Å². The minimum Gasteiger partial charge on any atom is -0.375 e. The van der Waals surface area contributed by atoms with Crippen LogP contribution in [0, 0.1) is 10.1 Å². The Kier molecular flexibility index (Phi) is 6.42. The summed E-state index contributed by atoms with van der Waals surface area (Å²) in [6.45, 7) is 0.322. The fraction of sp³-hybridized carbons (Fsp3) is 0.125. The number of nitro groups is 1. The maximum atomic E-state index is 13.5. The lowest BCUT2D eigenvalue weighted by molar-refractivity contribution is -0.384. The minimum atomic E-state index is -0.497. The van der Waals surface area contributed by atoms with Crippen molar-refractivity contribution in [2.75, 3.05) is 19.4 Å². The number of nitrogens with zero attached hydrogens (tertiary/aromatic N) is 3. The first-order valence-corrected chi connectivity index (χ1v) is 11.0. The van der Waals surface area contributed by atoms with Crippen LogP contribution in [0.2, 0.25) is 0 Å². The molecule has 10 heteroatoms. The van der Waals surface area contributed by atoms with E-state index in [9.17, 15) is 19.7 Å². The Bertz CT molecular complexity index is 1410. The van der Waals surface area contributed by atoms with E-state index in [1.807, 2.05) is 18.2 Å². The van der Waals surface area contributed by atoms with Crippen molar-refractivity contribution < 1.29 is 14.5 Å². The number of ketones is 1. The average molecular weight is 522 g/mol. The second-order valence-electron chi connectivity index (χ2n) is 7.77. The van der Waals surface area contributed by atoms with Gasteiger partial charge in [0.15, 0.2) is 5.78 Å². The maximum Gasteiger partial charge on any atom is 0.310 e. The standard InChI is InChI=1S/C24H20BrN5O4/c1-29(2)24(32)22-21(20-16(25)4-3-5-18(20)28-22)23(31)15-8-6-14(7-9-15)12-27-17-10-11-26-13-19(17)30(33)34/h3-11,13,28H,12H2,1-2H3,(H,26,27). The molecule has 2 heterocycles. The Morgan fingerprint density at radius 2 is 1.88 bits per heavy atom. The highest BCUT2D eigenvalue weighted by Gasteiger charge is 2.26. The number of rotatable bonds is 7. The van der Waals surface area contributed by atoms with E-state index in [4.69, 9.17) is 0 Å². The summed E-state index contributed by atoms with van der Waals surface area (Å²) in [7, 11) is 3.26. The van der Waals surface area contributed by atoms with Crippen molar-refractivity contribution in [1.29, 1.82) is 0 Å². The van der Waals surface area contributed by atoms with Crippen molar-refractivity contribution in [3.05, 3.63) is 97.9 Å². The van der Waals surface area contributed by atoms with E-state index in [1.165, 1.54) is 23.4 Å². The first-order chi connectivity index (χ1) is 16.3. The molecule has 0 atom stereocenters. The second-order valence-corrected chi connectivity index (χ2v) is 8.62. The third kappa shape index (κ3) is 4.40. The van der Waals surface area contributed by atoms with Gasteiger partial charge in [0.1, 0.15) is 17.6 Å². The van der Waals surface area contributed by atoms with E-state index < -0.39 is 4.92 Å². The highest BCUT2D eigenvalue weighted by atomic mass is 79.9. The van der Waals surface area contributed by atoms with E-state index in [-0.39, 0.29) is 23.1 Å². The summed E-state index contributed by atoms with van der Waals surface area (Å²) in [4.78, 5) is 45.3. The Labute approximate surface area is 203 Å². The van der Waals surface area contributed by atoms with Crippen LogP contribution >= 0.6 is 15.9 Å². The van der Waals surface area contributed by atoms with Gasteiger partial charge in [-0.3, -0.25) is 24.7 Å². The van der Waals surface area contributed by atoms with E-state index in [0.29, 0.717) is 38.7 Å². The van der Waals surface area contributed by atoms with Gasteiger partial charge >= 0.3 is 5.69 Å². The number of carbonyl (C=O) groups is 2. The Morgan fingerprint density at radius 3 is 2.56 bits per heavy atom. The lowest BCUT2D eigenvalue weighted by Gasteiger charge is -2.11. The largest absolute Gasteiger partial charge is 0.375 e. The predicted molar refractivity (Wildman–Crippen MR) is 132 cm³/mol. The average Bonchev–Trinajstić information content (AvgIpc) is 3.23. The molecule has 2 aromatic heterocycles. The van der Waals surface area contributed by atoms with Crippen LogP contribution in [0.15, 0.2) is 65.4 Å². The number of benzene rings is 2. The van der Waals surface area contributed by atoms with Crippen LogP contribution in [0.25, 0.3) is 10.9 Å². The zero-order valence-corrected chi connectivity index (χ0v) is 19.9. The molecule has 1 amide bonds. The van der Waals surface area contributed by atoms with Crippen LogP contribution in [0.5, 0.6) is 0 Å². The Morgan fingerprint density at radius 1 is 1.15 bits per heavy atom. The molecule has 0 aliphatic rings. The summed E-state index contributed by atoms with van der Waals surface area (Å²) in [6.07, 6.45) is 2.67. The van der Waals surface area contributed by atoms with Crippen LogP contribution in [-0.2, 0) is 6.54 Å². The number of hydrogen-bond donors (Lipinski definition) is 2. The highest BCUT2D eigenvalue weighted by molar-refractivity contribution is 9.10. The summed E-state index contributed by atoms with van der Waals surface area (Å²) in [6, 6.07) is 13.9. The molecule has 172 valence electrons. The van der Waals surface area contributed by atoms with E-state index in [0.717, 1.165) is 5.56 Å². The van der Waals surface area contributed by atoms with E-state index >= 15 is 0 Å². The van der Waals surface area contributed by atoms with Crippen molar-refractivity contribution in [1.82, 2.24) is 14.9 Å². The first kappa shape index (κ1) is 23.1. The van der Waals surface area contributed by atoms with Gasteiger partial charge in [0.2, 0.25) is 0 Å². The fourth-order valence-corrected chi connectivity index (χ4v) is 4.18. The third-order valence-electron chi connectivity index (χ3n) is 5.32. The molecule has 4 aromatic rings. The van der Waals surface area contributed by atoms with Gasteiger partial charge in [-0.15, -0.1) is 0 Å². The number of fused-ring (bicyclic) bond motifs is 1. The van der Waals surface area contributed by atoms with Gasteiger partial charge in [-0.1, -0.05) is 46.3 Å². The molecule has 0 spiro atoms. The number of H-pyrrole nitrogens is 1. The van der Waals surface area contributed by atoms with Gasteiger partial charge < -0.3 is 15.2 Å².